The molecule has 0 amide bonds. The first-order valence-electron chi connectivity index (χ1n) is 5.41. The molecule has 0 radical (unpaired) electrons. The van der Waals surface area contributed by atoms with Gasteiger partial charge in [-0.1, -0.05) is 18.5 Å². The van der Waals surface area contributed by atoms with Gasteiger partial charge < -0.3 is 9.64 Å². The molecule has 96 valence electrons. The van der Waals surface area contributed by atoms with E-state index in [0.717, 1.165) is 6.42 Å². The first kappa shape index (κ1) is 14.4. The van der Waals surface area contributed by atoms with Crippen molar-refractivity contribution in [2.75, 3.05) is 25.2 Å². The summed E-state index contributed by atoms with van der Waals surface area (Å²) in [6, 6.07) is 0.274. The van der Waals surface area contributed by atoms with Gasteiger partial charge in [-0.05, 0) is 24.9 Å². The average molecular weight is 279 g/mol. The summed E-state index contributed by atoms with van der Waals surface area (Å²) in [5.74, 6) is 0.554. The molecule has 0 aromatic carbocycles. The van der Waals surface area contributed by atoms with Crippen molar-refractivity contribution in [2.24, 2.45) is 0 Å². The van der Waals surface area contributed by atoms with Crippen LogP contribution in [0.2, 0.25) is 10.4 Å². The van der Waals surface area contributed by atoms with Crippen molar-refractivity contribution in [3.8, 4) is 0 Å². The van der Waals surface area contributed by atoms with Crippen molar-refractivity contribution in [3.63, 3.8) is 0 Å². The van der Waals surface area contributed by atoms with E-state index in [4.69, 9.17) is 27.9 Å². The number of hydrogen-bond donors (Lipinski definition) is 0. The highest BCUT2D eigenvalue weighted by Crippen LogP contribution is 2.24. The monoisotopic (exact) mass is 278 g/mol. The van der Waals surface area contributed by atoms with Crippen LogP contribution < -0.4 is 4.90 Å². The van der Waals surface area contributed by atoms with E-state index in [0.29, 0.717) is 19.0 Å². The van der Waals surface area contributed by atoms with Gasteiger partial charge in [-0.15, -0.1) is 10.2 Å². The molecule has 0 aliphatic carbocycles. The molecule has 1 aromatic rings. The van der Waals surface area contributed by atoms with Crippen LogP contribution in [0.5, 0.6) is 0 Å². The van der Waals surface area contributed by atoms with Crippen LogP contribution in [0.15, 0.2) is 0 Å². The molecule has 0 saturated heterocycles. The van der Waals surface area contributed by atoms with Crippen LogP contribution >= 0.6 is 23.2 Å². The molecule has 7 heteroatoms. The smallest absolute Gasteiger partial charge is 0.245 e. The lowest BCUT2D eigenvalue weighted by molar-refractivity contribution is 0.203. The normalized spacial score (nSPS) is 12.5. The first-order chi connectivity index (χ1) is 8.10. The molecule has 1 rings (SSSR count). The third-order valence-electron chi connectivity index (χ3n) is 2.53. The highest BCUT2D eigenvalue weighted by Gasteiger charge is 2.19. The van der Waals surface area contributed by atoms with E-state index in [1.165, 1.54) is 0 Å². The van der Waals surface area contributed by atoms with E-state index < -0.39 is 0 Å². The minimum absolute atomic E-state index is 0.0927. The highest BCUT2D eigenvalue weighted by molar-refractivity contribution is 6.32. The molecule has 0 saturated carbocycles. The molecule has 1 aromatic heterocycles. The predicted octanol–water partition coefficient (Wildman–Crippen LogP) is 2.43. The molecule has 17 heavy (non-hydrogen) atoms. The maximum atomic E-state index is 5.99. The fraction of sp³-hybridized carbons (Fsp3) is 0.700. The second kappa shape index (κ2) is 6.93. The van der Waals surface area contributed by atoms with Crippen molar-refractivity contribution in [3.05, 3.63) is 10.4 Å². The third kappa shape index (κ3) is 3.94. The van der Waals surface area contributed by atoms with Crippen LogP contribution in [-0.4, -0.2) is 41.5 Å². The Kier molecular flexibility index (Phi) is 5.88. The lowest BCUT2D eigenvalue weighted by Crippen LogP contribution is -2.36. The second-order valence-electron chi connectivity index (χ2n) is 3.64. The van der Waals surface area contributed by atoms with E-state index in [1.54, 1.807) is 7.11 Å². The van der Waals surface area contributed by atoms with Crippen molar-refractivity contribution in [2.45, 2.75) is 26.3 Å². The van der Waals surface area contributed by atoms with Crippen LogP contribution in [0.3, 0.4) is 0 Å². The number of anilines is 1. The van der Waals surface area contributed by atoms with E-state index in [1.807, 2.05) is 4.90 Å². The maximum absolute atomic E-state index is 5.99. The van der Waals surface area contributed by atoms with Crippen molar-refractivity contribution in [1.29, 1.82) is 0 Å². The van der Waals surface area contributed by atoms with Gasteiger partial charge in [-0.25, -0.2) is 0 Å². The number of ether oxygens (including phenoxy) is 1. The van der Waals surface area contributed by atoms with E-state index in [2.05, 4.69) is 29.0 Å². The Balaban J connectivity index is 2.98. The van der Waals surface area contributed by atoms with Crippen molar-refractivity contribution >= 4 is 29.0 Å². The van der Waals surface area contributed by atoms with Gasteiger partial charge in [-0.3, -0.25) is 0 Å². The molecule has 0 spiro atoms. The molecule has 1 heterocycles. The fourth-order valence-corrected chi connectivity index (χ4v) is 1.72. The number of aromatic nitrogens is 3. The SMILES string of the molecule is CCC(C)N(CCOC)c1nc(Cl)nnc1Cl. The topological polar surface area (TPSA) is 51.1 Å². The Labute approximate surface area is 111 Å². The lowest BCUT2D eigenvalue weighted by atomic mass is 10.2. The number of rotatable bonds is 6. The summed E-state index contributed by atoms with van der Waals surface area (Å²) >= 11 is 11.7. The standard InChI is InChI=1S/C10H16Cl2N4O/c1-4-7(2)16(5-6-17-3)9-8(11)14-15-10(12)13-9/h7H,4-6H2,1-3H3. The molecule has 0 N–H and O–H groups in total. The largest absolute Gasteiger partial charge is 0.383 e. The zero-order valence-electron chi connectivity index (χ0n) is 10.2. The number of hydrogen-bond acceptors (Lipinski definition) is 5. The van der Waals surface area contributed by atoms with Gasteiger partial charge in [0.1, 0.15) is 0 Å². The zero-order valence-corrected chi connectivity index (χ0v) is 11.7. The third-order valence-corrected chi connectivity index (χ3v) is 2.94. The number of methoxy groups -OCH3 is 1. The van der Waals surface area contributed by atoms with E-state index >= 15 is 0 Å². The Hall–Kier alpha value is -0.650. The van der Waals surface area contributed by atoms with Crippen molar-refractivity contribution in [1.82, 2.24) is 15.2 Å². The van der Waals surface area contributed by atoms with Gasteiger partial charge in [0, 0.05) is 19.7 Å². The minimum Gasteiger partial charge on any atom is -0.383 e. The van der Waals surface area contributed by atoms with Gasteiger partial charge in [-0.2, -0.15) is 4.98 Å². The molecule has 1 atom stereocenters. The maximum Gasteiger partial charge on any atom is 0.245 e. The summed E-state index contributed by atoms with van der Waals surface area (Å²) in [6.07, 6.45) is 0.960. The quantitative estimate of drug-likeness (QED) is 0.800. The van der Waals surface area contributed by atoms with Crippen LogP contribution in [-0.2, 0) is 4.74 Å². The molecule has 0 aliphatic heterocycles. The summed E-state index contributed by atoms with van der Waals surface area (Å²) in [5.41, 5.74) is 0. The first-order valence-corrected chi connectivity index (χ1v) is 6.17. The summed E-state index contributed by atoms with van der Waals surface area (Å²) in [5, 5.41) is 7.71. The lowest BCUT2D eigenvalue weighted by Gasteiger charge is -2.29. The van der Waals surface area contributed by atoms with Crippen molar-refractivity contribution < 1.29 is 4.74 Å². The molecule has 0 fully saturated rings. The summed E-state index contributed by atoms with van der Waals surface area (Å²) in [6.45, 7) is 5.44. The Bertz CT molecular complexity index is 364. The summed E-state index contributed by atoms with van der Waals surface area (Å²) < 4.78 is 5.08. The number of halogens is 2. The van der Waals surface area contributed by atoms with Gasteiger partial charge in [0.05, 0.1) is 6.61 Å². The molecule has 1 unspecified atom stereocenters. The van der Waals surface area contributed by atoms with Crippen LogP contribution in [0.4, 0.5) is 5.82 Å². The second-order valence-corrected chi connectivity index (χ2v) is 4.33. The van der Waals surface area contributed by atoms with Gasteiger partial charge in [0.25, 0.3) is 0 Å². The molecule has 0 aliphatic rings. The van der Waals surface area contributed by atoms with Gasteiger partial charge in [0.15, 0.2) is 11.0 Å². The Morgan fingerprint density at radius 3 is 2.65 bits per heavy atom. The predicted molar refractivity (Wildman–Crippen MR) is 68.8 cm³/mol. The van der Waals surface area contributed by atoms with E-state index in [-0.39, 0.29) is 16.5 Å². The zero-order chi connectivity index (χ0) is 12.8. The minimum atomic E-state index is 0.0927. The summed E-state index contributed by atoms with van der Waals surface area (Å²) in [4.78, 5) is 6.15. The summed E-state index contributed by atoms with van der Waals surface area (Å²) in [7, 11) is 1.65. The van der Waals surface area contributed by atoms with Crippen LogP contribution in [0.1, 0.15) is 20.3 Å². The average Bonchev–Trinajstić information content (AvgIpc) is 2.33. The Morgan fingerprint density at radius 2 is 2.06 bits per heavy atom. The van der Waals surface area contributed by atoms with Crippen LogP contribution in [0, 0.1) is 0 Å². The molecular formula is C10H16Cl2N4O. The molecular weight excluding hydrogens is 263 g/mol. The molecule has 5 nitrogen and oxygen atoms in total. The highest BCUT2D eigenvalue weighted by atomic mass is 35.5. The van der Waals surface area contributed by atoms with Gasteiger partial charge in [0.2, 0.25) is 5.28 Å². The van der Waals surface area contributed by atoms with Gasteiger partial charge >= 0.3 is 0 Å². The van der Waals surface area contributed by atoms with E-state index in [9.17, 15) is 0 Å². The fourth-order valence-electron chi connectivity index (χ4n) is 1.41. The molecule has 0 bridgehead atoms. The van der Waals surface area contributed by atoms with Crippen LogP contribution in [0.25, 0.3) is 0 Å². The Morgan fingerprint density at radius 1 is 1.35 bits per heavy atom. The number of nitrogens with zero attached hydrogens (tertiary/aromatic N) is 4.